The molecular weight excluding hydrogens is 266 g/mol. The Kier molecular flexibility index (Phi) is 5.00. The number of ether oxygens (including phenoxy) is 1. The number of nitrogens with zero attached hydrogens (tertiary/aromatic N) is 1. The molecule has 0 radical (unpaired) electrons. The molecule has 1 unspecified atom stereocenters. The van der Waals surface area contributed by atoms with E-state index in [2.05, 4.69) is 10.3 Å². The zero-order valence-electron chi connectivity index (χ0n) is 12.3. The number of rotatable bonds is 6. The molecule has 2 rings (SSSR count). The average molecular weight is 287 g/mol. The van der Waals surface area contributed by atoms with Crippen molar-refractivity contribution in [3.05, 3.63) is 48.0 Å². The molecule has 21 heavy (non-hydrogen) atoms. The first kappa shape index (κ1) is 15.1. The Morgan fingerprint density at radius 2 is 1.90 bits per heavy atom. The van der Waals surface area contributed by atoms with Gasteiger partial charge in [-0.25, -0.2) is 0 Å². The van der Waals surface area contributed by atoms with E-state index in [1.807, 2.05) is 44.2 Å². The van der Waals surface area contributed by atoms with Crippen molar-refractivity contribution in [2.45, 2.75) is 26.0 Å². The van der Waals surface area contributed by atoms with E-state index in [4.69, 9.17) is 10.5 Å². The molecule has 2 aromatic rings. The molecule has 0 saturated carbocycles. The SMILES string of the molecule is CC(C)Oc1nc(NC(CO)c2ccccc2)ccc1N. The van der Waals surface area contributed by atoms with Crippen LogP contribution in [0.3, 0.4) is 0 Å². The quantitative estimate of drug-likeness (QED) is 0.761. The number of anilines is 2. The predicted molar refractivity (Wildman–Crippen MR) is 84.3 cm³/mol. The van der Waals surface area contributed by atoms with Gasteiger partial charge >= 0.3 is 0 Å². The molecule has 5 nitrogen and oxygen atoms in total. The van der Waals surface area contributed by atoms with E-state index in [1.54, 1.807) is 12.1 Å². The lowest BCUT2D eigenvalue weighted by Crippen LogP contribution is -2.16. The normalized spacial score (nSPS) is 12.2. The van der Waals surface area contributed by atoms with Gasteiger partial charge in [-0.1, -0.05) is 30.3 Å². The van der Waals surface area contributed by atoms with Crippen molar-refractivity contribution in [2.24, 2.45) is 0 Å². The molecule has 1 heterocycles. The molecule has 0 amide bonds. The fourth-order valence-corrected chi connectivity index (χ4v) is 1.95. The number of pyridine rings is 1. The highest BCUT2D eigenvalue weighted by Crippen LogP contribution is 2.24. The van der Waals surface area contributed by atoms with E-state index in [0.717, 1.165) is 5.56 Å². The Morgan fingerprint density at radius 3 is 2.52 bits per heavy atom. The molecule has 0 spiro atoms. The van der Waals surface area contributed by atoms with Gasteiger partial charge in [0.05, 0.1) is 24.4 Å². The summed E-state index contributed by atoms with van der Waals surface area (Å²) in [7, 11) is 0. The van der Waals surface area contributed by atoms with Crippen LogP contribution in [-0.2, 0) is 0 Å². The molecule has 0 aliphatic rings. The summed E-state index contributed by atoms with van der Waals surface area (Å²) in [6, 6.07) is 13.0. The minimum atomic E-state index is -0.228. The van der Waals surface area contributed by atoms with Gasteiger partial charge in [0.1, 0.15) is 5.82 Å². The fraction of sp³-hybridized carbons (Fsp3) is 0.312. The van der Waals surface area contributed by atoms with Crippen molar-refractivity contribution in [2.75, 3.05) is 17.7 Å². The van der Waals surface area contributed by atoms with E-state index in [0.29, 0.717) is 17.4 Å². The van der Waals surface area contributed by atoms with Crippen molar-refractivity contribution >= 4 is 11.5 Å². The minimum Gasteiger partial charge on any atom is -0.473 e. The Hall–Kier alpha value is -2.27. The fourth-order valence-electron chi connectivity index (χ4n) is 1.95. The lowest BCUT2D eigenvalue weighted by atomic mass is 10.1. The second kappa shape index (κ2) is 6.95. The van der Waals surface area contributed by atoms with Crippen LogP contribution in [0.1, 0.15) is 25.5 Å². The predicted octanol–water partition coefficient (Wildman–Crippen LogP) is 2.60. The number of aliphatic hydroxyl groups excluding tert-OH is 1. The number of nitrogens with two attached hydrogens (primary N) is 1. The lowest BCUT2D eigenvalue weighted by molar-refractivity contribution is 0.234. The van der Waals surface area contributed by atoms with Gasteiger partial charge in [0, 0.05) is 0 Å². The molecule has 112 valence electrons. The molecular formula is C16H21N3O2. The summed E-state index contributed by atoms with van der Waals surface area (Å²) >= 11 is 0. The van der Waals surface area contributed by atoms with Crippen molar-refractivity contribution in [3.63, 3.8) is 0 Å². The number of hydrogen-bond acceptors (Lipinski definition) is 5. The molecule has 1 atom stereocenters. The van der Waals surface area contributed by atoms with Crippen LogP contribution >= 0.6 is 0 Å². The van der Waals surface area contributed by atoms with Gasteiger partial charge in [-0.3, -0.25) is 0 Å². The molecule has 4 N–H and O–H groups in total. The van der Waals surface area contributed by atoms with Crippen LogP contribution in [0.15, 0.2) is 42.5 Å². The Labute approximate surface area is 124 Å². The number of nitrogen functional groups attached to an aromatic ring is 1. The minimum absolute atomic E-state index is 0.00203. The standard InChI is InChI=1S/C16H21N3O2/c1-11(2)21-16-13(17)8-9-15(19-16)18-14(10-20)12-6-4-3-5-7-12/h3-9,11,14,20H,10,17H2,1-2H3,(H,18,19). The van der Waals surface area contributed by atoms with Gasteiger partial charge in [0.15, 0.2) is 0 Å². The number of aromatic nitrogens is 1. The summed E-state index contributed by atoms with van der Waals surface area (Å²) in [4.78, 5) is 4.36. The zero-order valence-corrected chi connectivity index (χ0v) is 12.3. The van der Waals surface area contributed by atoms with Crippen LogP contribution < -0.4 is 15.8 Å². The monoisotopic (exact) mass is 287 g/mol. The van der Waals surface area contributed by atoms with E-state index in [-0.39, 0.29) is 18.8 Å². The van der Waals surface area contributed by atoms with Crippen LogP contribution in [0.4, 0.5) is 11.5 Å². The van der Waals surface area contributed by atoms with Gasteiger partial charge in [0.2, 0.25) is 5.88 Å². The van der Waals surface area contributed by atoms with Gasteiger partial charge in [-0.15, -0.1) is 0 Å². The van der Waals surface area contributed by atoms with Crippen LogP contribution in [0, 0.1) is 0 Å². The summed E-state index contributed by atoms with van der Waals surface area (Å²) in [6.45, 7) is 3.81. The maximum Gasteiger partial charge on any atom is 0.239 e. The van der Waals surface area contributed by atoms with Crippen molar-refractivity contribution < 1.29 is 9.84 Å². The van der Waals surface area contributed by atoms with E-state index < -0.39 is 0 Å². The van der Waals surface area contributed by atoms with Crippen LogP contribution in [0.5, 0.6) is 5.88 Å². The van der Waals surface area contributed by atoms with Gasteiger partial charge in [0.25, 0.3) is 0 Å². The molecule has 5 heteroatoms. The first-order chi connectivity index (χ1) is 10.1. The van der Waals surface area contributed by atoms with E-state index in [1.165, 1.54) is 0 Å². The summed E-state index contributed by atoms with van der Waals surface area (Å²) in [6.07, 6.45) is -0.00203. The zero-order chi connectivity index (χ0) is 15.2. The van der Waals surface area contributed by atoms with Gasteiger partial charge in [-0.05, 0) is 31.5 Å². The smallest absolute Gasteiger partial charge is 0.239 e. The maximum absolute atomic E-state index is 9.56. The molecule has 1 aromatic heterocycles. The highest BCUT2D eigenvalue weighted by atomic mass is 16.5. The van der Waals surface area contributed by atoms with Gasteiger partial charge in [-0.2, -0.15) is 4.98 Å². The maximum atomic E-state index is 9.56. The van der Waals surface area contributed by atoms with Crippen LogP contribution in [-0.4, -0.2) is 22.8 Å². The summed E-state index contributed by atoms with van der Waals surface area (Å²) in [5.41, 5.74) is 7.33. The third-order valence-electron chi connectivity index (χ3n) is 2.94. The highest BCUT2D eigenvalue weighted by Gasteiger charge is 2.12. The molecule has 0 saturated heterocycles. The molecule has 0 aliphatic carbocycles. The molecule has 1 aromatic carbocycles. The number of nitrogens with one attached hydrogen (secondary N) is 1. The Bertz CT molecular complexity index is 573. The van der Waals surface area contributed by atoms with Crippen LogP contribution in [0.2, 0.25) is 0 Å². The first-order valence-corrected chi connectivity index (χ1v) is 6.95. The summed E-state index contributed by atoms with van der Waals surface area (Å²) in [5, 5.41) is 12.8. The Balaban J connectivity index is 2.18. The number of hydrogen-bond donors (Lipinski definition) is 3. The van der Waals surface area contributed by atoms with E-state index in [9.17, 15) is 5.11 Å². The molecule has 0 fully saturated rings. The number of aliphatic hydroxyl groups is 1. The van der Waals surface area contributed by atoms with Crippen molar-refractivity contribution in [1.82, 2.24) is 4.98 Å². The molecule has 0 aliphatic heterocycles. The second-order valence-corrected chi connectivity index (χ2v) is 5.05. The van der Waals surface area contributed by atoms with Gasteiger partial charge < -0.3 is 20.9 Å². The van der Waals surface area contributed by atoms with Crippen LogP contribution in [0.25, 0.3) is 0 Å². The second-order valence-electron chi connectivity index (χ2n) is 5.05. The summed E-state index contributed by atoms with van der Waals surface area (Å²) in [5.74, 6) is 1.02. The third-order valence-corrected chi connectivity index (χ3v) is 2.94. The van der Waals surface area contributed by atoms with E-state index >= 15 is 0 Å². The largest absolute Gasteiger partial charge is 0.473 e. The third kappa shape index (κ3) is 4.10. The topological polar surface area (TPSA) is 80.4 Å². The Morgan fingerprint density at radius 1 is 1.19 bits per heavy atom. The lowest BCUT2D eigenvalue weighted by Gasteiger charge is -2.18. The molecule has 0 bridgehead atoms. The average Bonchev–Trinajstić information content (AvgIpc) is 2.48. The summed E-state index contributed by atoms with van der Waals surface area (Å²) < 4.78 is 5.57. The van der Waals surface area contributed by atoms with Crippen molar-refractivity contribution in [1.29, 1.82) is 0 Å². The van der Waals surface area contributed by atoms with Crippen molar-refractivity contribution in [3.8, 4) is 5.88 Å². The highest BCUT2D eigenvalue weighted by molar-refractivity contribution is 5.54. The number of benzene rings is 1. The first-order valence-electron chi connectivity index (χ1n) is 6.95.